The third kappa shape index (κ3) is 2.20. The van der Waals surface area contributed by atoms with Gasteiger partial charge in [0.15, 0.2) is 0 Å². The van der Waals surface area contributed by atoms with Gasteiger partial charge in [-0.25, -0.2) is 0 Å². The predicted octanol–water partition coefficient (Wildman–Crippen LogP) is 2.71. The first-order chi connectivity index (χ1) is 9.28. The Labute approximate surface area is 112 Å². The Morgan fingerprint density at radius 3 is 2.47 bits per heavy atom. The van der Waals surface area contributed by atoms with Gasteiger partial charge in [0, 0.05) is 17.6 Å². The van der Waals surface area contributed by atoms with Gasteiger partial charge in [-0.15, -0.1) is 0 Å². The van der Waals surface area contributed by atoms with Gasteiger partial charge in [-0.3, -0.25) is 0 Å². The Morgan fingerprint density at radius 2 is 1.74 bits per heavy atom. The molecule has 0 spiro atoms. The Hall–Kier alpha value is -2.26. The number of benzene rings is 2. The van der Waals surface area contributed by atoms with Gasteiger partial charge in [-0.1, -0.05) is 12.1 Å². The second-order valence-corrected chi connectivity index (χ2v) is 4.71. The van der Waals surface area contributed by atoms with Crippen molar-refractivity contribution in [1.29, 1.82) is 0 Å². The minimum Gasteiger partial charge on any atom is -0.399 e. The van der Waals surface area contributed by atoms with Gasteiger partial charge in [-0.05, 0) is 60.3 Å². The van der Waals surface area contributed by atoms with Crippen LogP contribution in [0, 0.1) is 0 Å². The maximum atomic E-state index is 5.73. The monoisotopic (exact) mass is 251 g/mol. The highest BCUT2D eigenvalue weighted by Gasteiger charge is 2.04. The van der Waals surface area contributed by atoms with E-state index in [1.165, 1.54) is 16.5 Å². The standard InChI is InChI=1S/C16H17N3/c17-9-7-12-1-2-13-8-10-19(16(13)11-12)15-5-3-14(18)4-6-15/h1-6,8,10-11H,7,9,17-18H2. The SMILES string of the molecule is NCCc1ccc2ccn(-c3ccc(N)cc3)c2c1. The summed E-state index contributed by atoms with van der Waals surface area (Å²) in [5, 5.41) is 1.23. The predicted molar refractivity (Wildman–Crippen MR) is 80.4 cm³/mol. The number of rotatable bonds is 3. The largest absolute Gasteiger partial charge is 0.399 e. The zero-order valence-corrected chi connectivity index (χ0v) is 10.7. The quantitative estimate of drug-likeness (QED) is 0.703. The molecule has 0 unspecified atom stereocenters. The smallest absolute Gasteiger partial charge is 0.0531 e. The summed E-state index contributed by atoms with van der Waals surface area (Å²) in [6.07, 6.45) is 2.99. The summed E-state index contributed by atoms with van der Waals surface area (Å²) < 4.78 is 2.18. The summed E-state index contributed by atoms with van der Waals surface area (Å²) in [6.45, 7) is 0.675. The number of nitrogen functional groups attached to an aromatic ring is 1. The molecule has 4 N–H and O–H groups in total. The van der Waals surface area contributed by atoms with Gasteiger partial charge < -0.3 is 16.0 Å². The number of hydrogen-bond acceptors (Lipinski definition) is 2. The Bertz CT molecular complexity index is 696. The van der Waals surface area contributed by atoms with Gasteiger partial charge in [0.1, 0.15) is 0 Å². The Morgan fingerprint density at radius 1 is 0.947 bits per heavy atom. The molecule has 2 aromatic carbocycles. The van der Waals surface area contributed by atoms with E-state index >= 15 is 0 Å². The summed E-state index contributed by atoms with van der Waals surface area (Å²) in [6, 6.07) is 16.5. The molecule has 0 radical (unpaired) electrons. The molecule has 96 valence electrons. The van der Waals surface area contributed by atoms with E-state index in [1.54, 1.807) is 0 Å². The van der Waals surface area contributed by atoms with Crippen LogP contribution in [-0.4, -0.2) is 11.1 Å². The number of hydrogen-bond donors (Lipinski definition) is 2. The number of nitrogens with zero attached hydrogens (tertiary/aromatic N) is 1. The maximum Gasteiger partial charge on any atom is 0.0531 e. The lowest BCUT2D eigenvalue weighted by Gasteiger charge is -2.07. The van der Waals surface area contributed by atoms with Crippen LogP contribution in [0.3, 0.4) is 0 Å². The van der Waals surface area contributed by atoms with Crippen LogP contribution in [0.15, 0.2) is 54.7 Å². The molecule has 19 heavy (non-hydrogen) atoms. The van der Waals surface area contributed by atoms with E-state index in [0.717, 1.165) is 17.8 Å². The molecular formula is C16H17N3. The minimum atomic E-state index is 0.675. The molecule has 3 nitrogen and oxygen atoms in total. The third-order valence-electron chi connectivity index (χ3n) is 3.36. The summed E-state index contributed by atoms with van der Waals surface area (Å²) in [5.74, 6) is 0. The van der Waals surface area contributed by atoms with Crippen LogP contribution >= 0.6 is 0 Å². The molecule has 3 rings (SSSR count). The molecule has 0 aliphatic rings. The maximum absolute atomic E-state index is 5.73. The van der Waals surface area contributed by atoms with Crippen molar-refractivity contribution in [3.63, 3.8) is 0 Å². The molecule has 0 bridgehead atoms. The van der Waals surface area contributed by atoms with E-state index in [2.05, 4.69) is 35.0 Å². The average molecular weight is 251 g/mol. The molecule has 0 fully saturated rings. The molecule has 1 aromatic heterocycles. The van der Waals surface area contributed by atoms with E-state index in [1.807, 2.05) is 24.3 Å². The lowest BCUT2D eigenvalue weighted by Crippen LogP contribution is -2.02. The summed E-state index contributed by atoms with van der Waals surface area (Å²) in [7, 11) is 0. The molecular weight excluding hydrogens is 234 g/mol. The van der Waals surface area contributed by atoms with Crippen LogP contribution < -0.4 is 11.5 Å². The van der Waals surface area contributed by atoms with Crippen LogP contribution in [0.2, 0.25) is 0 Å². The highest BCUT2D eigenvalue weighted by atomic mass is 15.0. The molecule has 0 aliphatic carbocycles. The van der Waals surface area contributed by atoms with Crippen molar-refractivity contribution >= 4 is 16.6 Å². The van der Waals surface area contributed by atoms with Crippen molar-refractivity contribution in [2.45, 2.75) is 6.42 Å². The second-order valence-electron chi connectivity index (χ2n) is 4.71. The Balaban J connectivity index is 2.12. The minimum absolute atomic E-state index is 0.675. The average Bonchev–Trinajstić information content (AvgIpc) is 2.83. The van der Waals surface area contributed by atoms with Crippen molar-refractivity contribution in [2.75, 3.05) is 12.3 Å². The van der Waals surface area contributed by atoms with Crippen molar-refractivity contribution < 1.29 is 0 Å². The number of nitrogens with two attached hydrogens (primary N) is 2. The highest BCUT2D eigenvalue weighted by Crippen LogP contribution is 2.22. The molecule has 3 heteroatoms. The molecule has 3 aromatic rings. The van der Waals surface area contributed by atoms with E-state index < -0.39 is 0 Å². The van der Waals surface area contributed by atoms with Crippen LogP contribution in [0.25, 0.3) is 16.6 Å². The zero-order valence-electron chi connectivity index (χ0n) is 10.7. The van der Waals surface area contributed by atoms with Gasteiger partial charge in [0.05, 0.1) is 5.52 Å². The van der Waals surface area contributed by atoms with Crippen molar-refractivity contribution in [1.82, 2.24) is 4.57 Å². The van der Waals surface area contributed by atoms with Crippen molar-refractivity contribution in [3.05, 3.63) is 60.3 Å². The van der Waals surface area contributed by atoms with E-state index in [-0.39, 0.29) is 0 Å². The number of anilines is 1. The highest BCUT2D eigenvalue weighted by molar-refractivity contribution is 5.82. The molecule has 0 amide bonds. The van der Waals surface area contributed by atoms with Gasteiger partial charge in [0.25, 0.3) is 0 Å². The fraction of sp³-hybridized carbons (Fsp3) is 0.125. The Kier molecular flexibility index (Phi) is 2.97. The lowest BCUT2D eigenvalue weighted by molar-refractivity contribution is 0.969. The number of fused-ring (bicyclic) bond motifs is 1. The summed E-state index contributed by atoms with van der Waals surface area (Å²) >= 11 is 0. The third-order valence-corrected chi connectivity index (χ3v) is 3.36. The first kappa shape index (κ1) is 11.8. The lowest BCUT2D eigenvalue weighted by atomic mass is 10.1. The van der Waals surface area contributed by atoms with Crippen molar-refractivity contribution in [2.24, 2.45) is 5.73 Å². The topological polar surface area (TPSA) is 57.0 Å². The summed E-state index contributed by atoms with van der Waals surface area (Å²) in [4.78, 5) is 0. The molecule has 0 aliphatic heterocycles. The normalized spacial score (nSPS) is 11.0. The molecule has 0 saturated heterocycles. The zero-order chi connectivity index (χ0) is 13.2. The van der Waals surface area contributed by atoms with Crippen LogP contribution in [0.5, 0.6) is 0 Å². The van der Waals surface area contributed by atoms with Gasteiger partial charge in [0.2, 0.25) is 0 Å². The number of aromatic nitrogens is 1. The van der Waals surface area contributed by atoms with Gasteiger partial charge in [-0.2, -0.15) is 0 Å². The van der Waals surface area contributed by atoms with E-state index in [4.69, 9.17) is 11.5 Å². The first-order valence-electron chi connectivity index (χ1n) is 6.44. The fourth-order valence-corrected chi connectivity index (χ4v) is 2.36. The first-order valence-corrected chi connectivity index (χ1v) is 6.44. The molecule has 0 atom stereocenters. The van der Waals surface area contributed by atoms with E-state index in [0.29, 0.717) is 6.54 Å². The van der Waals surface area contributed by atoms with Gasteiger partial charge >= 0.3 is 0 Å². The second kappa shape index (κ2) is 4.78. The fourth-order valence-electron chi connectivity index (χ4n) is 2.36. The molecule has 1 heterocycles. The van der Waals surface area contributed by atoms with Crippen LogP contribution in [0.1, 0.15) is 5.56 Å². The van der Waals surface area contributed by atoms with Crippen molar-refractivity contribution in [3.8, 4) is 5.69 Å². The summed E-state index contributed by atoms with van der Waals surface area (Å²) in [5.41, 5.74) is 15.7. The molecule has 0 saturated carbocycles. The van der Waals surface area contributed by atoms with Crippen LogP contribution in [0.4, 0.5) is 5.69 Å². The van der Waals surface area contributed by atoms with Crippen LogP contribution in [-0.2, 0) is 6.42 Å². The van der Waals surface area contributed by atoms with E-state index in [9.17, 15) is 0 Å².